The lowest BCUT2D eigenvalue weighted by molar-refractivity contribution is -0.124. The first-order valence-corrected chi connectivity index (χ1v) is 10.8. The molecule has 2 aromatic carbocycles. The maximum Gasteiger partial charge on any atom is 0.247 e. The maximum atomic E-state index is 13.8. The number of Topliss-reactive ketones (excluding diaryl/α,β-unsaturated/α-hetero) is 1. The van der Waals surface area contributed by atoms with Gasteiger partial charge in [0.25, 0.3) is 0 Å². The van der Waals surface area contributed by atoms with Crippen molar-refractivity contribution in [2.45, 2.75) is 24.7 Å². The van der Waals surface area contributed by atoms with E-state index in [9.17, 15) is 14.9 Å². The van der Waals surface area contributed by atoms with Gasteiger partial charge in [0.05, 0.1) is 5.57 Å². The second kappa shape index (κ2) is 6.82. The molecule has 31 heavy (non-hydrogen) atoms. The Labute approximate surface area is 188 Å². The number of nitrogens with zero attached hydrogens (tertiary/aromatic N) is 3. The quantitative estimate of drug-likeness (QED) is 0.676. The van der Waals surface area contributed by atoms with Crippen LogP contribution in [0.2, 0.25) is 0 Å². The van der Waals surface area contributed by atoms with Gasteiger partial charge in [0.15, 0.2) is 5.78 Å². The van der Waals surface area contributed by atoms with Crippen molar-refractivity contribution in [3.8, 4) is 6.07 Å². The number of amides is 1. The molecular formula is C24H19BrN4O2. The van der Waals surface area contributed by atoms with Crippen LogP contribution < -0.4 is 15.5 Å². The van der Waals surface area contributed by atoms with E-state index in [0.29, 0.717) is 41.8 Å². The topological polar surface area (TPSA) is 90.4 Å². The van der Waals surface area contributed by atoms with E-state index in [1.807, 2.05) is 48.5 Å². The minimum Gasteiger partial charge on any atom is -0.384 e. The molecular weight excluding hydrogens is 456 g/mol. The zero-order valence-electron chi connectivity index (χ0n) is 16.9. The minimum atomic E-state index is -1.50. The van der Waals surface area contributed by atoms with Gasteiger partial charge < -0.3 is 10.6 Å². The molecule has 1 spiro atoms. The first-order valence-electron chi connectivity index (χ1n) is 10.0. The molecule has 2 aromatic rings. The van der Waals surface area contributed by atoms with Gasteiger partial charge in [-0.2, -0.15) is 5.26 Å². The number of rotatable bonds is 1. The van der Waals surface area contributed by atoms with Crippen LogP contribution in [0, 0.1) is 11.3 Å². The highest BCUT2D eigenvalue weighted by atomic mass is 79.9. The Hall–Kier alpha value is -3.37. The van der Waals surface area contributed by atoms with Gasteiger partial charge in [-0.3, -0.25) is 14.5 Å². The number of nitrogens with two attached hydrogens (primary N) is 1. The Kier molecular flexibility index (Phi) is 4.31. The van der Waals surface area contributed by atoms with Crippen LogP contribution in [0.1, 0.15) is 24.8 Å². The van der Waals surface area contributed by atoms with Crippen LogP contribution in [0.3, 0.4) is 0 Å². The number of ketones is 1. The number of benzene rings is 2. The molecule has 0 aromatic heterocycles. The van der Waals surface area contributed by atoms with Crippen molar-refractivity contribution in [3.05, 3.63) is 81.2 Å². The summed E-state index contributed by atoms with van der Waals surface area (Å²) in [6.07, 6.45) is 1.59. The molecule has 1 aliphatic carbocycles. The second-order valence-electron chi connectivity index (χ2n) is 7.92. The van der Waals surface area contributed by atoms with E-state index < -0.39 is 5.41 Å². The normalized spacial score (nSPS) is 22.7. The number of halogens is 1. The molecule has 0 saturated carbocycles. The van der Waals surface area contributed by atoms with Crippen molar-refractivity contribution in [2.24, 2.45) is 5.73 Å². The van der Waals surface area contributed by atoms with E-state index in [1.165, 1.54) is 4.90 Å². The number of hydrogen-bond acceptors (Lipinski definition) is 5. The number of hydrogen-bond donors (Lipinski definition) is 1. The van der Waals surface area contributed by atoms with Gasteiger partial charge in [0.1, 0.15) is 17.3 Å². The van der Waals surface area contributed by atoms with Crippen molar-refractivity contribution in [1.82, 2.24) is 0 Å². The minimum absolute atomic E-state index is 0.100. The van der Waals surface area contributed by atoms with Gasteiger partial charge in [-0.05, 0) is 37.1 Å². The third-order valence-corrected chi connectivity index (χ3v) is 6.87. The molecule has 1 atom stereocenters. The molecule has 154 valence electrons. The summed E-state index contributed by atoms with van der Waals surface area (Å²) >= 11 is 3.49. The highest BCUT2D eigenvalue weighted by Gasteiger charge is 2.61. The van der Waals surface area contributed by atoms with Crippen LogP contribution in [0.25, 0.3) is 0 Å². The number of allylic oxidation sites excluding steroid dienone is 1. The fourth-order valence-electron chi connectivity index (χ4n) is 5.14. The van der Waals surface area contributed by atoms with E-state index >= 15 is 0 Å². The van der Waals surface area contributed by atoms with Gasteiger partial charge in [0, 0.05) is 46.1 Å². The van der Waals surface area contributed by atoms with Crippen LogP contribution in [0.4, 0.5) is 11.4 Å². The van der Waals surface area contributed by atoms with E-state index in [0.717, 1.165) is 10.2 Å². The van der Waals surface area contributed by atoms with Gasteiger partial charge in [0.2, 0.25) is 5.91 Å². The number of carbonyl (C=O) groups excluding carboxylic acids is 2. The van der Waals surface area contributed by atoms with Gasteiger partial charge >= 0.3 is 0 Å². The summed E-state index contributed by atoms with van der Waals surface area (Å²) in [4.78, 5) is 30.6. The lowest BCUT2D eigenvalue weighted by Crippen LogP contribution is -2.52. The summed E-state index contributed by atoms with van der Waals surface area (Å²) in [5, 5.41) is 10.3. The van der Waals surface area contributed by atoms with Gasteiger partial charge in [-0.25, -0.2) is 0 Å². The lowest BCUT2D eigenvalue weighted by atomic mass is 9.64. The maximum absolute atomic E-state index is 13.8. The molecule has 5 rings (SSSR count). The average Bonchev–Trinajstić information content (AvgIpc) is 2.97. The molecule has 6 nitrogen and oxygen atoms in total. The van der Waals surface area contributed by atoms with E-state index in [-0.39, 0.29) is 23.1 Å². The summed E-state index contributed by atoms with van der Waals surface area (Å²) in [5.74, 6) is -0.239. The number of fused-ring (bicyclic) bond motifs is 3. The van der Waals surface area contributed by atoms with Crippen molar-refractivity contribution >= 4 is 39.0 Å². The fourth-order valence-corrected chi connectivity index (χ4v) is 5.53. The third-order valence-electron chi connectivity index (χ3n) is 6.37. The van der Waals surface area contributed by atoms with E-state index in [2.05, 4.69) is 22.0 Å². The highest BCUT2D eigenvalue weighted by molar-refractivity contribution is 9.10. The van der Waals surface area contributed by atoms with Crippen LogP contribution in [-0.2, 0) is 15.0 Å². The summed E-state index contributed by atoms with van der Waals surface area (Å²) in [5.41, 5.74) is 8.38. The molecule has 2 N–H and O–H groups in total. The third kappa shape index (κ3) is 2.42. The largest absolute Gasteiger partial charge is 0.384 e. The molecule has 0 saturated heterocycles. The Balaban J connectivity index is 1.91. The number of carbonyl (C=O) groups is 2. The molecule has 3 aliphatic rings. The van der Waals surface area contributed by atoms with E-state index in [4.69, 9.17) is 5.73 Å². The summed E-state index contributed by atoms with van der Waals surface area (Å²) < 4.78 is 0.850. The monoisotopic (exact) mass is 474 g/mol. The summed E-state index contributed by atoms with van der Waals surface area (Å²) in [6.45, 7) is 0. The lowest BCUT2D eigenvalue weighted by Gasteiger charge is -2.43. The van der Waals surface area contributed by atoms with Crippen molar-refractivity contribution in [1.29, 1.82) is 5.26 Å². The smallest absolute Gasteiger partial charge is 0.247 e. The molecule has 1 unspecified atom stereocenters. The molecule has 1 amide bonds. The molecule has 2 heterocycles. The number of para-hydroxylation sites is 1. The van der Waals surface area contributed by atoms with Crippen LogP contribution in [0.15, 0.2) is 75.7 Å². The van der Waals surface area contributed by atoms with Crippen LogP contribution in [0.5, 0.6) is 0 Å². The highest BCUT2D eigenvalue weighted by Crippen LogP contribution is 2.56. The Morgan fingerprint density at radius 2 is 1.90 bits per heavy atom. The first kappa shape index (κ1) is 19.6. The predicted molar refractivity (Wildman–Crippen MR) is 121 cm³/mol. The first-order chi connectivity index (χ1) is 14.9. The zero-order chi connectivity index (χ0) is 21.9. The average molecular weight is 475 g/mol. The molecule has 0 fully saturated rings. The summed E-state index contributed by atoms with van der Waals surface area (Å²) in [6, 6.07) is 17.1. The Bertz CT molecular complexity index is 1270. The predicted octanol–water partition coefficient (Wildman–Crippen LogP) is 3.88. The SMILES string of the molecule is CN1C(=O)C2(C(C#N)=C(N)N(c3cccc(Br)c3)C3=C2C(=O)CCC3)c2ccccc21. The fraction of sp³-hybridized carbons (Fsp3) is 0.208. The van der Waals surface area contributed by atoms with Crippen LogP contribution in [-0.4, -0.2) is 18.7 Å². The number of anilines is 2. The number of likely N-dealkylation sites (N-methyl/N-ethyl adjacent to an activating group) is 1. The Morgan fingerprint density at radius 1 is 1.13 bits per heavy atom. The summed E-state index contributed by atoms with van der Waals surface area (Å²) in [7, 11) is 1.68. The molecule has 0 bridgehead atoms. The zero-order valence-corrected chi connectivity index (χ0v) is 18.4. The second-order valence-corrected chi connectivity index (χ2v) is 8.83. The number of nitriles is 1. The van der Waals surface area contributed by atoms with Crippen molar-refractivity contribution < 1.29 is 9.59 Å². The standard InChI is InChI=1S/C24H19BrN4O2/c1-28-18-9-3-2-8-16(18)24(23(28)31)17(13-26)22(27)29(15-7-4-6-14(25)12-15)19-10-5-11-20(30)21(19)24/h2-4,6-9,12H,5,10-11,27H2,1H3. The van der Waals surface area contributed by atoms with Crippen molar-refractivity contribution in [3.63, 3.8) is 0 Å². The molecule has 0 radical (unpaired) electrons. The van der Waals surface area contributed by atoms with E-state index in [1.54, 1.807) is 11.9 Å². The Morgan fingerprint density at radius 3 is 2.65 bits per heavy atom. The molecule has 2 aliphatic heterocycles. The van der Waals surface area contributed by atoms with Crippen LogP contribution >= 0.6 is 15.9 Å². The van der Waals surface area contributed by atoms with Crippen molar-refractivity contribution in [2.75, 3.05) is 16.8 Å². The van der Waals surface area contributed by atoms with Gasteiger partial charge in [-0.1, -0.05) is 40.2 Å². The van der Waals surface area contributed by atoms with Gasteiger partial charge in [-0.15, -0.1) is 0 Å². The molecule has 7 heteroatoms.